The molecule has 0 spiro atoms. The summed E-state index contributed by atoms with van der Waals surface area (Å²) < 4.78 is 39.0. The van der Waals surface area contributed by atoms with Gasteiger partial charge in [0.1, 0.15) is 0 Å². The van der Waals surface area contributed by atoms with Crippen LogP contribution in [0.5, 0.6) is 0 Å². The second-order valence-corrected chi connectivity index (χ2v) is 8.20. The van der Waals surface area contributed by atoms with E-state index in [0.717, 1.165) is 14.0 Å². The van der Waals surface area contributed by atoms with Gasteiger partial charge in [0.05, 0.1) is 14.9 Å². The smallest absolute Gasteiger partial charge is 0.373 e. The molecule has 0 saturated carbocycles. The zero-order valence-electron chi connectivity index (χ0n) is 12.6. The molecule has 1 heterocycles. The van der Waals surface area contributed by atoms with Crippen LogP contribution in [-0.2, 0) is 4.79 Å². The van der Waals surface area contributed by atoms with Crippen LogP contribution in [0.25, 0.3) is 0 Å². The molecule has 0 aliphatic heterocycles. The van der Waals surface area contributed by atoms with Crippen molar-refractivity contribution in [2.45, 2.75) is 34.7 Å². The lowest BCUT2D eigenvalue weighted by Gasteiger charge is -2.25. The molecule has 0 aliphatic carbocycles. The van der Waals surface area contributed by atoms with Gasteiger partial charge >= 0.3 is 6.18 Å². The van der Waals surface area contributed by atoms with Crippen LogP contribution in [-0.4, -0.2) is 22.8 Å². The van der Waals surface area contributed by atoms with Crippen molar-refractivity contribution in [3.8, 4) is 0 Å². The molecule has 1 amide bonds. The molecule has 2 rings (SSSR count). The van der Waals surface area contributed by atoms with E-state index in [9.17, 15) is 23.1 Å². The van der Waals surface area contributed by atoms with E-state index in [1.165, 1.54) is 17.8 Å². The first-order valence-electron chi connectivity index (χ1n) is 6.65. The molecule has 2 N–H and O–H groups in total. The van der Waals surface area contributed by atoms with Crippen molar-refractivity contribution in [3.63, 3.8) is 0 Å². The van der Waals surface area contributed by atoms with E-state index in [0.29, 0.717) is 6.92 Å². The van der Waals surface area contributed by atoms with Gasteiger partial charge in [-0.3, -0.25) is 4.79 Å². The summed E-state index contributed by atoms with van der Waals surface area (Å²) in [7, 11) is 0. The zero-order chi connectivity index (χ0) is 18.1. The predicted octanol–water partition coefficient (Wildman–Crippen LogP) is 5.11. The van der Waals surface area contributed by atoms with Gasteiger partial charge in [-0.2, -0.15) is 13.2 Å². The number of carbonyl (C=O) groups excluding carboxylic acids is 1. The topological polar surface area (TPSA) is 49.3 Å². The van der Waals surface area contributed by atoms with Gasteiger partial charge in [-0.25, -0.2) is 0 Å². The van der Waals surface area contributed by atoms with Gasteiger partial charge in [0.15, 0.2) is 0 Å². The van der Waals surface area contributed by atoms with Crippen molar-refractivity contribution >= 4 is 46.3 Å². The van der Waals surface area contributed by atoms with E-state index >= 15 is 0 Å². The normalized spacial score (nSPS) is 14.3. The van der Waals surface area contributed by atoms with E-state index < -0.39 is 17.7 Å². The highest BCUT2D eigenvalue weighted by molar-refractivity contribution is 8.01. The van der Waals surface area contributed by atoms with Gasteiger partial charge in [-0.1, -0.05) is 23.4 Å². The summed E-state index contributed by atoms with van der Waals surface area (Å²) in [5, 5.41) is 11.4. The van der Waals surface area contributed by atoms with E-state index in [2.05, 4.69) is 0 Å². The van der Waals surface area contributed by atoms with Crippen molar-refractivity contribution in [3.05, 3.63) is 40.2 Å². The Labute approximate surface area is 149 Å². The van der Waals surface area contributed by atoms with Crippen LogP contribution in [0.2, 0.25) is 5.02 Å². The number of thiophene rings is 1. The molecule has 0 bridgehead atoms. The molecule has 2 aromatic rings. The third kappa shape index (κ3) is 4.24. The molecule has 24 heavy (non-hydrogen) atoms. The molecule has 130 valence electrons. The summed E-state index contributed by atoms with van der Waals surface area (Å²) in [5.41, 5.74) is -3.50. The number of aryl methyl sites for hydroxylation is 1. The number of anilines is 1. The lowest BCUT2D eigenvalue weighted by Crippen LogP contribution is -2.52. The fourth-order valence-corrected chi connectivity index (χ4v) is 4.03. The lowest BCUT2D eigenvalue weighted by molar-refractivity contribution is -0.242. The van der Waals surface area contributed by atoms with Crippen LogP contribution in [0.4, 0.5) is 18.9 Å². The van der Waals surface area contributed by atoms with Gasteiger partial charge in [0, 0.05) is 9.77 Å². The van der Waals surface area contributed by atoms with E-state index in [1.807, 2.05) is 24.4 Å². The molecule has 0 fully saturated rings. The Balaban J connectivity index is 2.14. The number of amides is 1. The number of aliphatic hydroxyl groups is 1. The number of carbonyl (C=O) groups is 1. The minimum Gasteiger partial charge on any atom is -0.373 e. The van der Waals surface area contributed by atoms with Crippen molar-refractivity contribution in [2.24, 2.45) is 0 Å². The average molecular weight is 396 g/mol. The number of rotatable bonds is 4. The number of nitrogens with one attached hydrogen (secondary N) is 1. The first-order chi connectivity index (χ1) is 11.0. The molecule has 1 atom stereocenters. The van der Waals surface area contributed by atoms with Crippen LogP contribution < -0.4 is 5.32 Å². The van der Waals surface area contributed by atoms with Crippen molar-refractivity contribution < 1.29 is 23.1 Å². The van der Waals surface area contributed by atoms with E-state index in [1.54, 1.807) is 23.5 Å². The maximum Gasteiger partial charge on any atom is 0.426 e. The largest absolute Gasteiger partial charge is 0.426 e. The predicted molar refractivity (Wildman–Crippen MR) is 89.9 cm³/mol. The van der Waals surface area contributed by atoms with Crippen LogP contribution in [0.15, 0.2) is 39.4 Å². The van der Waals surface area contributed by atoms with Crippen LogP contribution in [0.3, 0.4) is 0 Å². The maximum absolute atomic E-state index is 12.6. The van der Waals surface area contributed by atoms with Gasteiger partial charge < -0.3 is 10.4 Å². The number of halogens is 4. The Morgan fingerprint density at radius 1 is 1.29 bits per heavy atom. The van der Waals surface area contributed by atoms with Gasteiger partial charge in [-0.15, -0.1) is 11.3 Å². The summed E-state index contributed by atoms with van der Waals surface area (Å²) in [5.74, 6) is -1.59. The summed E-state index contributed by atoms with van der Waals surface area (Å²) in [6, 6.07) is 8.50. The first-order valence-corrected chi connectivity index (χ1v) is 8.66. The van der Waals surface area contributed by atoms with Gasteiger partial charge in [0.2, 0.25) is 5.60 Å². The minimum atomic E-state index is -5.09. The molecule has 0 aliphatic rings. The third-order valence-corrected chi connectivity index (χ3v) is 5.55. The fourth-order valence-electron chi connectivity index (χ4n) is 1.62. The Morgan fingerprint density at radius 2 is 1.96 bits per heavy atom. The van der Waals surface area contributed by atoms with Crippen molar-refractivity contribution in [1.82, 2.24) is 0 Å². The van der Waals surface area contributed by atoms with Gasteiger partial charge in [0.25, 0.3) is 5.91 Å². The minimum absolute atomic E-state index is 0.00194. The van der Waals surface area contributed by atoms with Crippen LogP contribution in [0.1, 0.15) is 11.8 Å². The second-order valence-electron chi connectivity index (χ2n) is 5.13. The van der Waals surface area contributed by atoms with Crippen LogP contribution >= 0.6 is 34.7 Å². The van der Waals surface area contributed by atoms with Gasteiger partial charge in [-0.05, 0) is 44.2 Å². The fraction of sp³-hybridized carbons (Fsp3) is 0.267. The number of benzene rings is 1. The second kappa shape index (κ2) is 6.95. The molecule has 0 saturated heterocycles. The monoisotopic (exact) mass is 395 g/mol. The zero-order valence-corrected chi connectivity index (χ0v) is 15.0. The van der Waals surface area contributed by atoms with E-state index in [-0.39, 0.29) is 10.7 Å². The Kier molecular flexibility index (Phi) is 5.54. The molecule has 0 radical (unpaired) electrons. The quantitative estimate of drug-likeness (QED) is 0.756. The molecule has 0 unspecified atom stereocenters. The molecule has 1 aromatic heterocycles. The molecule has 3 nitrogen and oxygen atoms in total. The first kappa shape index (κ1) is 19.1. The summed E-state index contributed by atoms with van der Waals surface area (Å²) in [4.78, 5) is 13.6. The lowest BCUT2D eigenvalue weighted by atomic mass is 10.1. The Morgan fingerprint density at radius 3 is 2.46 bits per heavy atom. The number of hydrogen-bond acceptors (Lipinski definition) is 4. The highest BCUT2D eigenvalue weighted by Crippen LogP contribution is 2.37. The SMILES string of the molecule is Cc1ccc(Sc2ccc(NC(=O)[C@@](C)(O)C(F)(F)F)c(Cl)c2)s1. The Hall–Kier alpha value is -1.22. The average Bonchev–Trinajstić information content (AvgIpc) is 2.85. The highest BCUT2D eigenvalue weighted by Gasteiger charge is 2.55. The molecular weight excluding hydrogens is 383 g/mol. The molecular formula is C15H13ClF3NO2S2. The third-order valence-electron chi connectivity index (χ3n) is 3.12. The van der Waals surface area contributed by atoms with E-state index in [4.69, 9.17) is 11.6 Å². The Bertz CT molecular complexity index is 759. The summed E-state index contributed by atoms with van der Waals surface area (Å²) in [6.07, 6.45) is -5.09. The summed E-state index contributed by atoms with van der Waals surface area (Å²) in [6.45, 7) is 2.37. The van der Waals surface area contributed by atoms with Crippen LogP contribution in [0, 0.1) is 6.92 Å². The molecule has 9 heteroatoms. The maximum atomic E-state index is 12.6. The van der Waals surface area contributed by atoms with Crippen molar-refractivity contribution in [1.29, 1.82) is 0 Å². The highest BCUT2D eigenvalue weighted by atomic mass is 35.5. The number of hydrogen-bond donors (Lipinski definition) is 2. The summed E-state index contributed by atoms with van der Waals surface area (Å²) >= 11 is 9.08. The standard InChI is InChI=1S/C15H13ClF3NO2S2/c1-8-3-6-12(23-8)24-9-4-5-11(10(16)7-9)20-13(21)14(2,22)15(17,18)19/h3-7,22H,1-2H3,(H,20,21)/t14-/m1/s1. The molecule has 1 aromatic carbocycles. The van der Waals surface area contributed by atoms with Crippen molar-refractivity contribution in [2.75, 3.05) is 5.32 Å². The number of alkyl halides is 3.